The summed E-state index contributed by atoms with van der Waals surface area (Å²) in [5.74, 6) is -0.166. The molecule has 8 heteroatoms. The molecule has 0 bridgehead atoms. The molecule has 1 amide bonds. The molecule has 0 aliphatic carbocycles. The summed E-state index contributed by atoms with van der Waals surface area (Å²) in [4.78, 5) is 12.4. The number of aryl methyl sites for hydroxylation is 2. The second kappa shape index (κ2) is 8.72. The Hall–Kier alpha value is -3.42. The second-order valence-corrected chi connectivity index (χ2v) is 6.43. The molecular formula is C21H21F2N3O3. The van der Waals surface area contributed by atoms with Crippen molar-refractivity contribution in [2.24, 2.45) is 0 Å². The van der Waals surface area contributed by atoms with Gasteiger partial charge in [-0.05, 0) is 61.9 Å². The lowest BCUT2D eigenvalue weighted by Gasteiger charge is -2.12. The first-order valence-corrected chi connectivity index (χ1v) is 8.91. The second-order valence-electron chi connectivity index (χ2n) is 6.43. The molecule has 6 nitrogen and oxygen atoms in total. The number of hydrogen-bond donors (Lipinski definition) is 1. The van der Waals surface area contributed by atoms with Crippen LogP contribution in [0.4, 0.5) is 8.78 Å². The summed E-state index contributed by atoms with van der Waals surface area (Å²) in [5, 5.41) is 7.18. The number of rotatable bonds is 7. The molecule has 0 unspecified atom stereocenters. The Labute approximate surface area is 167 Å². The highest BCUT2D eigenvalue weighted by Crippen LogP contribution is 2.29. The van der Waals surface area contributed by atoms with Crippen LogP contribution in [0, 0.1) is 13.8 Å². The first-order valence-electron chi connectivity index (χ1n) is 8.91. The molecule has 0 radical (unpaired) electrons. The predicted molar refractivity (Wildman–Crippen MR) is 104 cm³/mol. The van der Waals surface area contributed by atoms with E-state index >= 15 is 0 Å². The van der Waals surface area contributed by atoms with Gasteiger partial charge in [0.05, 0.1) is 18.5 Å². The summed E-state index contributed by atoms with van der Waals surface area (Å²) in [6.07, 6.45) is 0. The van der Waals surface area contributed by atoms with Gasteiger partial charge in [0.1, 0.15) is 0 Å². The van der Waals surface area contributed by atoms with E-state index in [1.807, 2.05) is 32.0 Å². The van der Waals surface area contributed by atoms with Gasteiger partial charge in [-0.2, -0.15) is 13.9 Å². The van der Waals surface area contributed by atoms with Crippen molar-refractivity contribution in [3.05, 3.63) is 71.0 Å². The maximum atomic E-state index is 12.5. The lowest BCUT2D eigenvalue weighted by molar-refractivity contribution is -0.0512. The monoisotopic (exact) mass is 401 g/mol. The maximum Gasteiger partial charge on any atom is 0.387 e. The van der Waals surface area contributed by atoms with Crippen molar-refractivity contribution in [1.82, 2.24) is 15.1 Å². The summed E-state index contributed by atoms with van der Waals surface area (Å²) < 4.78 is 36.3. The molecule has 1 aromatic heterocycles. The number of amides is 1. The van der Waals surface area contributed by atoms with E-state index < -0.39 is 6.61 Å². The number of aromatic nitrogens is 2. The Bertz CT molecular complexity index is 1000. The fourth-order valence-corrected chi connectivity index (χ4v) is 2.95. The molecule has 0 aliphatic heterocycles. The minimum Gasteiger partial charge on any atom is -0.493 e. The van der Waals surface area contributed by atoms with Gasteiger partial charge in [0.25, 0.3) is 5.91 Å². The van der Waals surface area contributed by atoms with Crippen LogP contribution in [0.3, 0.4) is 0 Å². The first kappa shape index (κ1) is 20.3. The standard InChI is InChI=1S/C21H21F2N3O3/c1-13-10-14(2)26(25-13)17-7-5-16(6-8-17)20(27)24-12-15-4-9-18(28-3)19(11-15)29-21(22)23/h4-11,21H,12H2,1-3H3,(H,24,27). The molecule has 1 heterocycles. The van der Waals surface area contributed by atoms with E-state index in [2.05, 4.69) is 15.2 Å². The lowest BCUT2D eigenvalue weighted by Crippen LogP contribution is -2.22. The smallest absolute Gasteiger partial charge is 0.387 e. The van der Waals surface area contributed by atoms with E-state index in [1.165, 1.54) is 19.2 Å². The largest absolute Gasteiger partial charge is 0.493 e. The van der Waals surface area contributed by atoms with Crippen LogP contribution in [-0.4, -0.2) is 29.4 Å². The van der Waals surface area contributed by atoms with Crippen LogP contribution in [0.25, 0.3) is 5.69 Å². The van der Waals surface area contributed by atoms with Crippen LogP contribution in [-0.2, 0) is 6.54 Å². The molecule has 0 aliphatic rings. The predicted octanol–water partition coefficient (Wildman–Crippen LogP) is 4.03. The number of nitrogens with zero attached hydrogens (tertiary/aromatic N) is 2. The van der Waals surface area contributed by atoms with Gasteiger partial charge < -0.3 is 14.8 Å². The van der Waals surface area contributed by atoms with Gasteiger partial charge in [0, 0.05) is 17.8 Å². The number of alkyl halides is 2. The minimum atomic E-state index is -2.96. The highest BCUT2D eigenvalue weighted by Gasteiger charge is 2.12. The third-order valence-electron chi connectivity index (χ3n) is 4.28. The van der Waals surface area contributed by atoms with Crippen LogP contribution in [0.5, 0.6) is 11.5 Å². The number of benzene rings is 2. The first-order chi connectivity index (χ1) is 13.9. The number of halogens is 2. The molecule has 1 N–H and O–H groups in total. The molecule has 0 saturated heterocycles. The Morgan fingerprint density at radius 2 is 1.83 bits per heavy atom. The molecular weight excluding hydrogens is 380 g/mol. The normalized spacial score (nSPS) is 10.8. The van der Waals surface area contributed by atoms with Gasteiger partial charge in [-0.3, -0.25) is 4.79 Å². The highest BCUT2D eigenvalue weighted by atomic mass is 19.3. The summed E-state index contributed by atoms with van der Waals surface area (Å²) in [7, 11) is 1.37. The van der Waals surface area contributed by atoms with Gasteiger partial charge in [-0.25, -0.2) is 4.68 Å². The summed E-state index contributed by atoms with van der Waals surface area (Å²) in [6, 6.07) is 13.6. The maximum absolute atomic E-state index is 12.5. The van der Waals surface area contributed by atoms with E-state index in [0.717, 1.165) is 17.1 Å². The third kappa shape index (κ3) is 4.90. The summed E-state index contributed by atoms with van der Waals surface area (Å²) in [6.45, 7) is 1.07. The Balaban J connectivity index is 1.67. The molecule has 3 aromatic rings. The Morgan fingerprint density at radius 3 is 2.41 bits per heavy atom. The van der Waals surface area contributed by atoms with Crippen molar-refractivity contribution in [2.45, 2.75) is 27.0 Å². The van der Waals surface area contributed by atoms with Crippen molar-refractivity contribution < 1.29 is 23.0 Å². The summed E-state index contributed by atoms with van der Waals surface area (Å²) >= 11 is 0. The highest BCUT2D eigenvalue weighted by molar-refractivity contribution is 5.94. The molecule has 0 saturated carbocycles. The quantitative estimate of drug-likeness (QED) is 0.649. The SMILES string of the molecule is COc1ccc(CNC(=O)c2ccc(-n3nc(C)cc3C)cc2)cc1OC(F)F. The van der Waals surface area contributed by atoms with Crippen LogP contribution < -0.4 is 14.8 Å². The van der Waals surface area contributed by atoms with Crippen LogP contribution in [0.1, 0.15) is 27.3 Å². The number of carbonyl (C=O) groups excluding carboxylic acids is 1. The van der Waals surface area contributed by atoms with Gasteiger partial charge in [0.15, 0.2) is 11.5 Å². The van der Waals surface area contributed by atoms with E-state index in [-0.39, 0.29) is 24.0 Å². The molecule has 29 heavy (non-hydrogen) atoms. The van der Waals surface area contributed by atoms with Crippen molar-refractivity contribution in [1.29, 1.82) is 0 Å². The average Bonchev–Trinajstić information content (AvgIpc) is 3.04. The lowest BCUT2D eigenvalue weighted by atomic mass is 10.1. The van der Waals surface area contributed by atoms with Crippen LogP contribution in [0.15, 0.2) is 48.5 Å². The molecule has 152 valence electrons. The molecule has 0 spiro atoms. The topological polar surface area (TPSA) is 65.4 Å². The van der Waals surface area contributed by atoms with Gasteiger partial charge >= 0.3 is 6.61 Å². The Morgan fingerprint density at radius 1 is 1.10 bits per heavy atom. The zero-order valence-electron chi connectivity index (χ0n) is 16.3. The summed E-state index contributed by atoms with van der Waals surface area (Å²) in [5.41, 5.74) is 3.86. The van der Waals surface area contributed by atoms with E-state index in [0.29, 0.717) is 11.1 Å². The number of methoxy groups -OCH3 is 1. The van der Waals surface area contributed by atoms with E-state index in [4.69, 9.17) is 4.74 Å². The van der Waals surface area contributed by atoms with Gasteiger partial charge in [0.2, 0.25) is 0 Å². The van der Waals surface area contributed by atoms with Gasteiger partial charge in [-0.15, -0.1) is 0 Å². The van der Waals surface area contributed by atoms with Crippen molar-refractivity contribution in [3.63, 3.8) is 0 Å². The number of nitrogens with one attached hydrogen (secondary N) is 1. The average molecular weight is 401 g/mol. The molecule has 3 rings (SSSR count). The molecule has 0 atom stereocenters. The minimum absolute atomic E-state index is 0.0801. The molecule has 0 fully saturated rings. The fraction of sp³-hybridized carbons (Fsp3) is 0.238. The van der Waals surface area contributed by atoms with Gasteiger partial charge in [-0.1, -0.05) is 6.07 Å². The van der Waals surface area contributed by atoms with Crippen molar-refractivity contribution in [3.8, 4) is 17.2 Å². The molecule has 2 aromatic carbocycles. The Kier molecular flexibility index (Phi) is 6.11. The van der Waals surface area contributed by atoms with Crippen molar-refractivity contribution in [2.75, 3.05) is 7.11 Å². The third-order valence-corrected chi connectivity index (χ3v) is 4.28. The fourth-order valence-electron chi connectivity index (χ4n) is 2.95. The van der Waals surface area contributed by atoms with Crippen LogP contribution >= 0.6 is 0 Å². The van der Waals surface area contributed by atoms with E-state index in [1.54, 1.807) is 22.9 Å². The van der Waals surface area contributed by atoms with E-state index in [9.17, 15) is 13.6 Å². The number of hydrogen-bond acceptors (Lipinski definition) is 4. The van der Waals surface area contributed by atoms with Crippen LogP contribution in [0.2, 0.25) is 0 Å². The zero-order valence-corrected chi connectivity index (χ0v) is 16.3. The number of ether oxygens (including phenoxy) is 2. The van der Waals surface area contributed by atoms with Crippen molar-refractivity contribution >= 4 is 5.91 Å². The number of carbonyl (C=O) groups is 1. The zero-order chi connectivity index (χ0) is 21.0.